The summed E-state index contributed by atoms with van der Waals surface area (Å²) in [5, 5.41) is 3.28. The van der Waals surface area contributed by atoms with Crippen LogP contribution in [0.5, 0.6) is 0 Å². The van der Waals surface area contributed by atoms with Gasteiger partial charge in [-0.25, -0.2) is 8.42 Å². The van der Waals surface area contributed by atoms with E-state index in [-0.39, 0.29) is 11.4 Å². The zero-order chi connectivity index (χ0) is 26.4. The average Bonchev–Trinajstić information content (AvgIpc) is 2.89. The van der Waals surface area contributed by atoms with E-state index in [4.69, 9.17) is 16.3 Å². The number of nitrogens with one attached hydrogen (secondary N) is 1. The Balaban J connectivity index is 1.45. The fraction of sp³-hybridized carbons (Fsp3) is 0.321. The molecule has 1 aliphatic heterocycles. The van der Waals surface area contributed by atoms with E-state index in [1.165, 1.54) is 5.56 Å². The maximum atomic E-state index is 13.5. The van der Waals surface area contributed by atoms with Crippen molar-refractivity contribution in [2.75, 3.05) is 37.2 Å². The number of hydrogen-bond donors (Lipinski definition) is 1. The molecule has 1 heterocycles. The van der Waals surface area contributed by atoms with Crippen LogP contribution >= 0.6 is 11.6 Å². The summed E-state index contributed by atoms with van der Waals surface area (Å²) in [6.45, 7) is 7.87. The van der Waals surface area contributed by atoms with Crippen molar-refractivity contribution in [2.24, 2.45) is 0 Å². The highest BCUT2D eigenvalue weighted by atomic mass is 35.5. The Kier molecular flexibility index (Phi) is 8.87. The zero-order valence-corrected chi connectivity index (χ0v) is 22.7. The predicted molar refractivity (Wildman–Crippen MR) is 146 cm³/mol. The summed E-state index contributed by atoms with van der Waals surface area (Å²) < 4.78 is 33.6. The number of halogens is 1. The average molecular weight is 542 g/mol. The van der Waals surface area contributed by atoms with E-state index in [1.54, 1.807) is 42.5 Å². The van der Waals surface area contributed by atoms with Gasteiger partial charge in [0.25, 0.3) is 10.0 Å². The lowest BCUT2D eigenvalue weighted by atomic mass is 10.1. The van der Waals surface area contributed by atoms with Gasteiger partial charge in [-0.15, -0.1) is 0 Å². The molecule has 1 aliphatic rings. The number of benzene rings is 3. The van der Waals surface area contributed by atoms with Crippen LogP contribution in [0.3, 0.4) is 0 Å². The Morgan fingerprint density at radius 3 is 2.27 bits per heavy atom. The fourth-order valence-electron chi connectivity index (χ4n) is 4.06. The number of rotatable bonds is 9. The van der Waals surface area contributed by atoms with Crippen LogP contribution in [-0.2, 0) is 32.6 Å². The highest BCUT2D eigenvalue weighted by molar-refractivity contribution is 7.92. The summed E-state index contributed by atoms with van der Waals surface area (Å²) in [5.74, 6) is -0.412. The highest BCUT2D eigenvalue weighted by Crippen LogP contribution is 2.28. The van der Waals surface area contributed by atoms with E-state index < -0.39 is 15.9 Å². The van der Waals surface area contributed by atoms with Crippen LogP contribution in [-0.4, -0.2) is 52.1 Å². The van der Waals surface area contributed by atoms with Gasteiger partial charge in [-0.1, -0.05) is 59.6 Å². The third-order valence-corrected chi connectivity index (χ3v) is 8.56. The molecule has 1 amide bonds. The van der Waals surface area contributed by atoms with Crippen LogP contribution in [0, 0.1) is 13.8 Å². The van der Waals surface area contributed by atoms with Crippen molar-refractivity contribution in [3.05, 3.63) is 94.0 Å². The Hall–Kier alpha value is -2.91. The Morgan fingerprint density at radius 2 is 1.62 bits per heavy atom. The molecule has 3 aromatic carbocycles. The minimum atomic E-state index is -4.00. The quantitative estimate of drug-likeness (QED) is 0.437. The van der Waals surface area contributed by atoms with E-state index in [2.05, 4.69) is 22.3 Å². The van der Waals surface area contributed by atoms with Crippen molar-refractivity contribution >= 4 is 33.2 Å². The first-order valence-electron chi connectivity index (χ1n) is 12.2. The van der Waals surface area contributed by atoms with Crippen molar-refractivity contribution in [1.82, 2.24) is 10.2 Å². The van der Waals surface area contributed by atoms with Gasteiger partial charge >= 0.3 is 0 Å². The molecule has 3 aromatic rings. The molecule has 1 saturated heterocycles. The molecule has 0 unspecified atom stereocenters. The van der Waals surface area contributed by atoms with Crippen molar-refractivity contribution in [1.29, 1.82) is 0 Å². The van der Waals surface area contributed by atoms with Gasteiger partial charge in [0.15, 0.2) is 0 Å². The molecule has 0 atom stereocenters. The number of hydrogen-bond acceptors (Lipinski definition) is 5. The molecule has 9 heteroatoms. The molecule has 196 valence electrons. The Morgan fingerprint density at radius 1 is 0.973 bits per heavy atom. The molecule has 37 heavy (non-hydrogen) atoms. The van der Waals surface area contributed by atoms with Crippen molar-refractivity contribution < 1.29 is 17.9 Å². The second-order valence-corrected chi connectivity index (χ2v) is 11.5. The fourth-order valence-corrected chi connectivity index (χ4v) is 5.64. The summed E-state index contributed by atoms with van der Waals surface area (Å²) in [5.41, 5.74) is 4.23. The number of carbonyl (C=O) groups is 1. The smallest absolute Gasteiger partial charge is 0.264 e. The summed E-state index contributed by atoms with van der Waals surface area (Å²) >= 11 is 6.30. The number of nitrogens with zero attached hydrogens (tertiary/aromatic N) is 2. The molecule has 0 bridgehead atoms. The van der Waals surface area contributed by atoms with Crippen LogP contribution in [0.2, 0.25) is 5.02 Å². The molecule has 0 aromatic heterocycles. The van der Waals surface area contributed by atoms with E-state index in [1.807, 2.05) is 26.0 Å². The number of amides is 1. The SMILES string of the molecule is Cc1ccc(S(=O)(=O)N(CC(=O)NCc2ccc(CN3CCOCC3)cc2)c2ccc(C)c(Cl)c2)cc1. The third kappa shape index (κ3) is 7.11. The number of aryl methyl sites for hydroxylation is 2. The van der Waals surface area contributed by atoms with E-state index in [0.717, 1.165) is 53.8 Å². The molecule has 1 fully saturated rings. The minimum Gasteiger partial charge on any atom is -0.379 e. The molecule has 0 radical (unpaired) electrons. The zero-order valence-electron chi connectivity index (χ0n) is 21.1. The molecule has 0 spiro atoms. The largest absolute Gasteiger partial charge is 0.379 e. The van der Waals surface area contributed by atoms with E-state index in [9.17, 15) is 13.2 Å². The van der Waals surface area contributed by atoms with E-state index >= 15 is 0 Å². The number of sulfonamides is 1. The summed E-state index contributed by atoms with van der Waals surface area (Å²) in [4.78, 5) is 15.4. The molecule has 0 aliphatic carbocycles. The lowest BCUT2D eigenvalue weighted by molar-refractivity contribution is -0.119. The van der Waals surface area contributed by atoms with Gasteiger partial charge in [0, 0.05) is 31.2 Å². The number of carbonyl (C=O) groups excluding carboxylic acids is 1. The van der Waals surface area contributed by atoms with Crippen LogP contribution in [0.15, 0.2) is 71.6 Å². The van der Waals surface area contributed by atoms with Crippen molar-refractivity contribution in [2.45, 2.75) is 31.8 Å². The summed E-state index contributed by atoms with van der Waals surface area (Å²) in [6, 6.07) is 19.6. The van der Waals surface area contributed by atoms with Gasteiger partial charge in [0.05, 0.1) is 23.8 Å². The lowest BCUT2D eigenvalue weighted by Gasteiger charge is -2.26. The monoisotopic (exact) mass is 541 g/mol. The molecule has 1 N–H and O–H groups in total. The molecule has 0 saturated carbocycles. The highest BCUT2D eigenvalue weighted by Gasteiger charge is 2.27. The minimum absolute atomic E-state index is 0.110. The maximum absolute atomic E-state index is 13.5. The topological polar surface area (TPSA) is 79.0 Å². The van der Waals surface area contributed by atoms with Gasteiger partial charge in [-0.3, -0.25) is 14.0 Å². The Bertz CT molecular complexity index is 1320. The summed E-state index contributed by atoms with van der Waals surface area (Å²) in [6.07, 6.45) is 0. The van der Waals surface area contributed by atoms with Gasteiger partial charge in [0.1, 0.15) is 6.54 Å². The van der Waals surface area contributed by atoms with Gasteiger partial charge < -0.3 is 10.1 Å². The van der Waals surface area contributed by atoms with Gasteiger partial charge in [0.2, 0.25) is 5.91 Å². The van der Waals surface area contributed by atoms with Gasteiger partial charge in [-0.2, -0.15) is 0 Å². The van der Waals surface area contributed by atoms with Crippen LogP contribution in [0.1, 0.15) is 22.3 Å². The van der Waals surface area contributed by atoms with Gasteiger partial charge in [-0.05, 0) is 54.8 Å². The predicted octanol–water partition coefficient (Wildman–Crippen LogP) is 4.30. The first kappa shape index (κ1) is 27.1. The standard InChI is InChI=1S/C28H32ClN3O4S/c1-21-3-11-26(12-4-21)37(34,35)32(25-10-5-22(2)27(29)17-25)20-28(33)30-18-23-6-8-24(9-7-23)19-31-13-15-36-16-14-31/h3-12,17H,13-16,18-20H2,1-2H3,(H,30,33). The second-order valence-electron chi connectivity index (χ2n) is 9.24. The van der Waals surface area contributed by atoms with Crippen LogP contribution < -0.4 is 9.62 Å². The lowest BCUT2D eigenvalue weighted by Crippen LogP contribution is -2.40. The normalized spacial score (nSPS) is 14.4. The van der Waals surface area contributed by atoms with Crippen molar-refractivity contribution in [3.8, 4) is 0 Å². The molecule has 4 rings (SSSR count). The first-order chi connectivity index (χ1) is 17.7. The van der Waals surface area contributed by atoms with E-state index in [0.29, 0.717) is 17.3 Å². The summed E-state index contributed by atoms with van der Waals surface area (Å²) in [7, 11) is -4.00. The van der Waals surface area contributed by atoms with Crippen LogP contribution in [0.25, 0.3) is 0 Å². The third-order valence-electron chi connectivity index (χ3n) is 6.36. The number of morpholine rings is 1. The number of ether oxygens (including phenoxy) is 1. The first-order valence-corrected chi connectivity index (χ1v) is 14.0. The number of anilines is 1. The molecular weight excluding hydrogens is 510 g/mol. The second kappa shape index (κ2) is 12.1. The maximum Gasteiger partial charge on any atom is 0.264 e. The molecular formula is C28H32ClN3O4S. The van der Waals surface area contributed by atoms with Crippen LogP contribution in [0.4, 0.5) is 5.69 Å². The Labute approximate surface area is 224 Å². The molecule has 7 nitrogen and oxygen atoms in total. The van der Waals surface area contributed by atoms with Crippen molar-refractivity contribution in [3.63, 3.8) is 0 Å².